The summed E-state index contributed by atoms with van der Waals surface area (Å²) in [6, 6.07) is 0. The molecule has 12 heavy (non-hydrogen) atoms. The molecule has 2 N–H and O–H groups in total. The van der Waals surface area contributed by atoms with Crippen LogP contribution in [0.2, 0.25) is 0 Å². The molecule has 1 spiro atoms. The Morgan fingerprint density at radius 2 is 2.17 bits per heavy atom. The summed E-state index contributed by atoms with van der Waals surface area (Å²) in [5.41, 5.74) is 5.85. The third-order valence-corrected chi connectivity index (χ3v) is 3.41. The number of hydrogen-bond donors (Lipinski definition) is 1. The normalized spacial score (nSPS) is 47.5. The second-order valence-corrected chi connectivity index (χ2v) is 4.55. The van der Waals surface area contributed by atoms with Crippen LogP contribution >= 0.6 is 0 Å². The predicted molar refractivity (Wildman–Crippen MR) is 48.9 cm³/mol. The molecule has 2 fully saturated rings. The predicted octanol–water partition coefficient (Wildman–Crippen LogP) is 1.68. The van der Waals surface area contributed by atoms with E-state index in [9.17, 15) is 0 Å². The maximum absolute atomic E-state index is 6.00. The van der Waals surface area contributed by atoms with Gasteiger partial charge >= 0.3 is 0 Å². The highest BCUT2D eigenvalue weighted by atomic mass is 16.5. The van der Waals surface area contributed by atoms with Crippen molar-refractivity contribution in [1.82, 2.24) is 0 Å². The van der Waals surface area contributed by atoms with Crippen molar-refractivity contribution in [1.29, 1.82) is 0 Å². The largest absolute Gasteiger partial charge is 0.370 e. The first-order chi connectivity index (χ1) is 5.74. The maximum Gasteiger partial charge on any atom is 0.0705 e. The zero-order valence-electron chi connectivity index (χ0n) is 7.88. The zero-order valence-corrected chi connectivity index (χ0v) is 7.88. The average Bonchev–Trinajstić information content (AvgIpc) is 2.61. The van der Waals surface area contributed by atoms with Crippen molar-refractivity contribution >= 4 is 0 Å². The van der Waals surface area contributed by atoms with Crippen LogP contribution in [0, 0.1) is 5.92 Å². The van der Waals surface area contributed by atoms with E-state index in [0.717, 1.165) is 5.92 Å². The molecule has 0 bridgehead atoms. The summed E-state index contributed by atoms with van der Waals surface area (Å²) in [7, 11) is 0. The molecule has 1 aliphatic carbocycles. The van der Waals surface area contributed by atoms with Gasteiger partial charge in [0.05, 0.1) is 11.7 Å². The first-order valence-corrected chi connectivity index (χ1v) is 5.12. The van der Waals surface area contributed by atoms with E-state index in [-0.39, 0.29) is 5.60 Å². The number of nitrogens with two attached hydrogens (primary N) is 1. The minimum atomic E-state index is 0.253. The number of rotatable bonds is 1. The summed E-state index contributed by atoms with van der Waals surface area (Å²) < 4.78 is 6.00. The van der Waals surface area contributed by atoms with E-state index >= 15 is 0 Å². The molecule has 0 aromatic rings. The van der Waals surface area contributed by atoms with Gasteiger partial charge in [-0.1, -0.05) is 6.92 Å². The van der Waals surface area contributed by atoms with Crippen molar-refractivity contribution in [3.63, 3.8) is 0 Å². The highest BCUT2D eigenvalue weighted by Crippen LogP contribution is 2.45. The standard InChI is InChI=1S/C10H19NO/c1-8-2-4-10(6-8)5-3-9(7-11)12-10/h8-9H,2-7,11H2,1H3/t8-,9+,10+/m1/s1. The van der Waals surface area contributed by atoms with Crippen LogP contribution in [0.1, 0.15) is 39.0 Å². The van der Waals surface area contributed by atoms with E-state index in [1.807, 2.05) is 0 Å². The molecule has 70 valence electrons. The highest BCUT2D eigenvalue weighted by Gasteiger charge is 2.43. The van der Waals surface area contributed by atoms with Crippen molar-refractivity contribution in [2.24, 2.45) is 11.7 Å². The van der Waals surface area contributed by atoms with Gasteiger partial charge in [0, 0.05) is 6.54 Å². The smallest absolute Gasteiger partial charge is 0.0705 e. The van der Waals surface area contributed by atoms with Gasteiger partial charge in [0.15, 0.2) is 0 Å². The van der Waals surface area contributed by atoms with Crippen molar-refractivity contribution in [3.05, 3.63) is 0 Å². The summed E-state index contributed by atoms with van der Waals surface area (Å²) in [5.74, 6) is 0.863. The molecule has 1 saturated carbocycles. The lowest BCUT2D eigenvalue weighted by Gasteiger charge is -2.23. The van der Waals surface area contributed by atoms with Gasteiger partial charge in [0.2, 0.25) is 0 Å². The molecule has 1 aliphatic heterocycles. The third-order valence-electron chi connectivity index (χ3n) is 3.41. The third kappa shape index (κ3) is 1.38. The van der Waals surface area contributed by atoms with Gasteiger partial charge in [-0.3, -0.25) is 0 Å². The minimum absolute atomic E-state index is 0.253. The van der Waals surface area contributed by atoms with Crippen molar-refractivity contribution in [2.75, 3.05) is 6.54 Å². The van der Waals surface area contributed by atoms with Crippen LogP contribution in [-0.2, 0) is 4.74 Å². The molecule has 1 saturated heterocycles. The van der Waals surface area contributed by atoms with Gasteiger partial charge in [-0.15, -0.1) is 0 Å². The van der Waals surface area contributed by atoms with Gasteiger partial charge in [-0.25, -0.2) is 0 Å². The average molecular weight is 169 g/mol. The fourth-order valence-corrected chi connectivity index (χ4v) is 2.74. The molecule has 0 aromatic carbocycles. The summed E-state index contributed by atoms with van der Waals surface area (Å²) in [6.07, 6.45) is 6.67. The molecule has 2 heteroatoms. The van der Waals surface area contributed by atoms with Gasteiger partial charge in [0.1, 0.15) is 0 Å². The fourth-order valence-electron chi connectivity index (χ4n) is 2.74. The molecule has 0 unspecified atom stereocenters. The molecule has 2 rings (SSSR count). The molecule has 0 amide bonds. The second kappa shape index (κ2) is 3.00. The van der Waals surface area contributed by atoms with E-state index in [4.69, 9.17) is 10.5 Å². The van der Waals surface area contributed by atoms with E-state index in [2.05, 4.69) is 6.92 Å². The molecule has 2 aliphatic rings. The lowest BCUT2D eigenvalue weighted by atomic mass is 9.97. The van der Waals surface area contributed by atoms with Crippen LogP contribution in [0.5, 0.6) is 0 Å². The molecular formula is C10H19NO. The number of ether oxygens (including phenoxy) is 1. The van der Waals surface area contributed by atoms with Crippen LogP contribution in [0.3, 0.4) is 0 Å². The lowest BCUT2D eigenvalue weighted by Crippen LogP contribution is -2.28. The summed E-state index contributed by atoms with van der Waals surface area (Å²) in [6.45, 7) is 3.03. The molecule has 2 nitrogen and oxygen atoms in total. The van der Waals surface area contributed by atoms with E-state index < -0.39 is 0 Å². The van der Waals surface area contributed by atoms with Crippen LogP contribution in [0.4, 0.5) is 0 Å². The Balaban J connectivity index is 1.97. The highest BCUT2D eigenvalue weighted by molar-refractivity contribution is 4.95. The first-order valence-electron chi connectivity index (χ1n) is 5.12. The first kappa shape index (κ1) is 8.52. The van der Waals surface area contributed by atoms with Crippen LogP contribution in [0.25, 0.3) is 0 Å². The van der Waals surface area contributed by atoms with Crippen LogP contribution < -0.4 is 5.73 Å². The van der Waals surface area contributed by atoms with E-state index in [1.165, 1.54) is 32.1 Å². The monoisotopic (exact) mass is 169 g/mol. The summed E-state index contributed by atoms with van der Waals surface area (Å²) in [5, 5.41) is 0. The molecule has 3 atom stereocenters. The molecule has 0 radical (unpaired) electrons. The van der Waals surface area contributed by atoms with Crippen LogP contribution in [-0.4, -0.2) is 18.2 Å². The quantitative estimate of drug-likeness (QED) is 0.648. The molecular weight excluding hydrogens is 150 g/mol. The van der Waals surface area contributed by atoms with Gasteiger partial charge in [-0.2, -0.15) is 0 Å². The van der Waals surface area contributed by atoms with Crippen molar-refractivity contribution in [3.8, 4) is 0 Å². The van der Waals surface area contributed by atoms with Crippen molar-refractivity contribution < 1.29 is 4.74 Å². The van der Waals surface area contributed by atoms with Gasteiger partial charge in [0.25, 0.3) is 0 Å². The fraction of sp³-hybridized carbons (Fsp3) is 1.00. The SMILES string of the molecule is C[C@@H]1CC[C@]2(CC[C@@H](CN)O2)C1. The maximum atomic E-state index is 6.00. The Hall–Kier alpha value is -0.0800. The minimum Gasteiger partial charge on any atom is -0.370 e. The Morgan fingerprint density at radius 3 is 2.67 bits per heavy atom. The Bertz CT molecular complexity index is 171. The summed E-state index contributed by atoms with van der Waals surface area (Å²) in [4.78, 5) is 0. The Morgan fingerprint density at radius 1 is 1.42 bits per heavy atom. The van der Waals surface area contributed by atoms with E-state index in [1.54, 1.807) is 0 Å². The lowest BCUT2D eigenvalue weighted by molar-refractivity contribution is -0.0343. The topological polar surface area (TPSA) is 35.2 Å². The molecule has 1 heterocycles. The zero-order chi connectivity index (χ0) is 8.60. The Labute approximate surface area is 74.5 Å². The molecule has 0 aromatic heterocycles. The van der Waals surface area contributed by atoms with Crippen LogP contribution in [0.15, 0.2) is 0 Å². The van der Waals surface area contributed by atoms with Gasteiger partial charge in [-0.05, 0) is 38.0 Å². The Kier molecular flexibility index (Phi) is 2.13. The second-order valence-electron chi connectivity index (χ2n) is 4.55. The van der Waals surface area contributed by atoms with E-state index in [0.29, 0.717) is 12.6 Å². The van der Waals surface area contributed by atoms with Gasteiger partial charge < -0.3 is 10.5 Å². The summed E-state index contributed by atoms with van der Waals surface area (Å²) >= 11 is 0. The number of hydrogen-bond acceptors (Lipinski definition) is 2. The van der Waals surface area contributed by atoms with Crippen molar-refractivity contribution in [2.45, 2.75) is 50.7 Å².